The van der Waals surface area contributed by atoms with Crippen molar-refractivity contribution in [1.29, 1.82) is 0 Å². The van der Waals surface area contributed by atoms with Crippen LogP contribution in [0.3, 0.4) is 0 Å². The molecule has 0 aromatic heterocycles. The number of benzene rings is 2. The molecule has 0 bridgehead atoms. The fourth-order valence-corrected chi connectivity index (χ4v) is 4.84. The van der Waals surface area contributed by atoms with Crippen LogP contribution in [0, 0.1) is 43.9 Å². The zero-order chi connectivity index (χ0) is 31.9. The summed E-state index contributed by atoms with van der Waals surface area (Å²) in [6.45, 7) is 22.2. The van der Waals surface area contributed by atoms with Gasteiger partial charge in [0.05, 0.1) is 23.1 Å². The Morgan fingerprint density at radius 3 is 1.17 bits per heavy atom. The maximum atomic E-state index is 11.1. The summed E-state index contributed by atoms with van der Waals surface area (Å²) in [5.74, 6) is 12.7. The Kier molecular flexibility index (Phi) is 11.2. The molecule has 224 valence electrons. The van der Waals surface area contributed by atoms with Crippen LogP contribution in [0.1, 0.15) is 52.7 Å². The number of rotatable bonds is 8. The van der Waals surface area contributed by atoms with Crippen LogP contribution in [-0.2, 0) is 8.85 Å². The van der Waals surface area contributed by atoms with Crippen LogP contribution >= 0.6 is 0 Å². The molecule has 0 unspecified atom stereocenters. The van der Waals surface area contributed by atoms with E-state index < -0.39 is 26.5 Å². The highest BCUT2D eigenvalue weighted by Gasteiger charge is 2.38. The highest BCUT2D eigenvalue weighted by molar-refractivity contribution is 6.74. The predicted octanol–water partition coefficient (Wildman–Crippen LogP) is 8.25. The zero-order valence-corrected chi connectivity index (χ0v) is 28.4. The molecule has 0 fully saturated rings. The quantitative estimate of drug-likeness (QED) is 0.130. The van der Waals surface area contributed by atoms with Crippen molar-refractivity contribution in [3.63, 3.8) is 0 Å². The topological polar surface area (TPSA) is 105 Å². The van der Waals surface area contributed by atoms with Gasteiger partial charge in [-0.15, -0.1) is 0 Å². The van der Waals surface area contributed by atoms with Gasteiger partial charge in [-0.05, 0) is 60.5 Å². The summed E-state index contributed by atoms with van der Waals surface area (Å²) in [7, 11) is -4.31. The van der Waals surface area contributed by atoms with E-state index in [9.17, 15) is 20.2 Å². The first kappa shape index (κ1) is 34.7. The highest BCUT2D eigenvalue weighted by Crippen LogP contribution is 2.38. The van der Waals surface area contributed by atoms with Gasteiger partial charge in [-0.1, -0.05) is 65.2 Å². The lowest BCUT2D eigenvalue weighted by atomic mass is 10.1. The number of nitrogens with zero attached hydrogens (tertiary/aromatic N) is 2. The van der Waals surface area contributed by atoms with Gasteiger partial charge in [-0.2, -0.15) is 0 Å². The Labute approximate surface area is 252 Å². The van der Waals surface area contributed by atoms with E-state index in [0.29, 0.717) is 22.3 Å². The molecule has 0 radical (unpaired) electrons. The maximum absolute atomic E-state index is 11.1. The molecule has 0 N–H and O–H groups in total. The minimum atomic E-state index is -2.16. The van der Waals surface area contributed by atoms with Crippen LogP contribution in [0.2, 0.25) is 36.3 Å². The van der Waals surface area contributed by atoms with Crippen LogP contribution in [0.25, 0.3) is 0 Å². The summed E-state index contributed by atoms with van der Waals surface area (Å²) >= 11 is 0. The predicted molar refractivity (Wildman–Crippen MR) is 173 cm³/mol. The first-order valence-electron chi connectivity index (χ1n) is 13.8. The van der Waals surface area contributed by atoms with Crippen LogP contribution < -0.4 is 0 Å². The molecule has 0 saturated carbocycles. The Balaban J connectivity index is 2.67. The van der Waals surface area contributed by atoms with Gasteiger partial charge in [0.15, 0.2) is 16.6 Å². The van der Waals surface area contributed by atoms with Crippen molar-refractivity contribution in [2.24, 2.45) is 0 Å². The summed E-state index contributed by atoms with van der Waals surface area (Å²) in [6, 6.07) is 12.2. The number of non-ortho nitro benzene ring substituents is 2. The number of hydrogen-bond acceptors (Lipinski definition) is 6. The Morgan fingerprint density at radius 1 is 0.643 bits per heavy atom. The first-order valence-corrected chi connectivity index (χ1v) is 19.6. The molecular formula is C32H42N2O6Si2. The fraction of sp³-hybridized carbons (Fsp3) is 0.438. The summed E-state index contributed by atoms with van der Waals surface area (Å²) < 4.78 is 13.1. The Hall–Kier alpha value is -3.55. The lowest BCUT2D eigenvalue weighted by Crippen LogP contribution is -2.42. The first-order chi connectivity index (χ1) is 19.2. The third-order valence-electron chi connectivity index (χ3n) is 8.00. The minimum Gasteiger partial charge on any atom is -0.412 e. The molecule has 2 aromatic carbocycles. The van der Waals surface area contributed by atoms with Crippen molar-refractivity contribution in [3.05, 3.63) is 91.0 Å². The molecule has 0 spiro atoms. The van der Waals surface area contributed by atoms with Crippen LogP contribution in [-0.4, -0.2) is 39.7 Å². The standard InChI is InChI=1S/C32H42N2O6Si2/c1-31(2,3)41(7,8)39-23-27(17-11-25-13-19-29(20-14-25)33(35)36)28(24-40-42(9,10)32(4,5)6)18-12-26-15-21-30(22-16-26)34(37)38/h13-16,19-22H,23-24H2,1-10H3/b28-27-. The molecule has 2 aromatic rings. The van der Waals surface area contributed by atoms with Crippen molar-refractivity contribution in [3.8, 4) is 23.7 Å². The van der Waals surface area contributed by atoms with Gasteiger partial charge in [0.1, 0.15) is 0 Å². The molecule has 0 aliphatic carbocycles. The second-order valence-electron chi connectivity index (χ2n) is 13.2. The van der Waals surface area contributed by atoms with Crippen molar-refractivity contribution < 1.29 is 18.7 Å². The average molecular weight is 607 g/mol. The van der Waals surface area contributed by atoms with E-state index >= 15 is 0 Å². The lowest BCUT2D eigenvalue weighted by Gasteiger charge is -2.37. The second kappa shape index (κ2) is 13.6. The SMILES string of the molecule is CC(C)(C)[Si](C)(C)OC/C(C#Cc1ccc([N+](=O)[O-])cc1)=C(/C#Cc1ccc([N+](=O)[O-])cc1)CO[Si](C)(C)C(C)(C)C. The molecular weight excluding hydrogens is 565 g/mol. The monoisotopic (exact) mass is 606 g/mol. The molecule has 8 nitrogen and oxygen atoms in total. The van der Waals surface area contributed by atoms with E-state index in [-0.39, 0.29) is 34.7 Å². The van der Waals surface area contributed by atoms with Gasteiger partial charge >= 0.3 is 0 Å². The summed E-state index contributed by atoms with van der Waals surface area (Å²) in [6.07, 6.45) is 0. The Bertz CT molecular complexity index is 1330. The minimum absolute atomic E-state index is 0.00463. The van der Waals surface area contributed by atoms with E-state index in [4.69, 9.17) is 8.85 Å². The third kappa shape index (κ3) is 9.78. The van der Waals surface area contributed by atoms with E-state index in [1.165, 1.54) is 24.3 Å². The van der Waals surface area contributed by atoms with Crippen molar-refractivity contribution in [2.45, 2.75) is 77.8 Å². The molecule has 2 rings (SSSR count). The average Bonchev–Trinajstić information content (AvgIpc) is 2.88. The number of nitro benzene ring substituents is 2. The van der Waals surface area contributed by atoms with Gasteiger partial charge < -0.3 is 8.85 Å². The smallest absolute Gasteiger partial charge is 0.269 e. The number of nitro groups is 2. The summed E-state index contributed by atoms with van der Waals surface area (Å²) in [4.78, 5) is 21.3. The fourth-order valence-electron chi connectivity index (χ4n) is 2.96. The van der Waals surface area contributed by atoms with Crippen LogP contribution in [0.5, 0.6) is 0 Å². The van der Waals surface area contributed by atoms with Crippen LogP contribution in [0.15, 0.2) is 59.7 Å². The summed E-state index contributed by atoms with van der Waals surface area (Å²) in [5, 5.41) is 22.1. The maximum Gasteiger partial charge on any atom is 0.269 e. The lowest BCUT2D eigenvalue weighted by molar-refractivity contribution is -0.385. The molecule has 0 aliphatic heterocycles. The van der Waals surface area contributed by atoms with Gasteiger partial charge in [-0.3, -0.25) is 20.2 Å². The summed E-state index contributed by atoms with van der Waals surface area (Å²) in [5.41, 5.74) is 2.58. The molecule has 0 aliphatic rings. The zero-order valence-electron chi connectivity index (χ0n) is 26.4. The third-order valence-corrected chi connectivity index (χ3v) is 17.0. The van der Waals surface area contributed by atoms with Crippen LogP contribution in [0.4, 0.5) is 11.4 Å². The largest absolute Gasteiger partial charge is 0.412 e. The van der Waals surface area contributed by atoms with Gasteiger partial charge in [0.2, 0.25) is 0 Å². The molecule has 0 amide bonds. The van der Waals surface area contributed by atoms with Gasteiger partial charge in [0.25, 0.3) is 11.4 Å². The highest BCUT2D eigenvalue weighted by atomic mass is 28.4. The Morgan fingerprint density at radius 2 is 0.929 bits per heavy atom. The van der Waals surface area contributed by atoms with Gasteiger partial charge in [-0.25, -0.2) is 0 Å². The van der Waals surface area contributed by atoms with Crippen molar-refractivity contribution in [1.82, 2.24) is 0 Å². The van der Waals surface area contributed by atoms with Crippen molar-refractivity contribution >= 4 is 28.0 Å². The molecule has 42 heavy (non-hydrogen) atoms. The van der Waals surface area contributed by atoms with Crippen molar-refractivity contribution in [2.75, 3.05) is 13.2 Å². The number of hydrogen-bond donors (Lipinski definition) is 0. The second-order valence-corrected chi connectivity index (χ2v) is 22.8. The molecule has 10 heteroatoms. The van der Waals surface area contributed by atoms with E-state index in [1.54, 1.807) is 24.3 Å². The molecule has 0 heterocycles. The normalized spacial score (nSPS) is 12.8. The van der Waals surface area contributed by atoms with E-state index in [0.717, 1.165) is 0 Å². The molecule has 0 saturated heterocycles. The van der Waals surface area contributed by atoms with E-state index in [2.05, 4.69) is 91.4 Å². The van der Waals surface area contributed by atoms with E-state index in [1.807, 2.05) is 0 Å². The van der Waals surface area contributed by atoms with Gasteiger partial charge in [0, 0.05) is 46.5 Å². The molecule has 0 atom stereocenters.